The van der Waals surface area contributed by atoms with Crippen molar-refractivity contribution < 1.29 is 9.59 Å². The minimum Gasteiger partial charge on any atom is -0.355 e. The molecule has 0 fully saturated rings. The maximum Gasteiger partial charge on any atom is 0.312 e. The zero-order valence-corrected chi connectivity index (χ0v) is 11.0. The van der Waals surface area contributed by atoms with Crippen molar-refractivity contribution in [3.05, 3.63) is 35.4 Å². The number of hydrogen-bond donors (Lipinski definition) is 4. The number of aryl methyl sites for hydroxylation is 1. The Bertz CT molecular complexity index is 448. The highest BCUT2D eigenvalue weighted by molar-refractivity contribution is 5.78. The van der Waals surface area contributed by atoms with E-state index in [9.17, 15) is 9.59 Å². The number of carbonyl (C=O) groups excluding carboxylic acids is 2. The highest BCUT2D eigenvalue weighted by atomic mass is 16.2. The first-order valence-corrected chi connectivity index (χ1v) is 6.13. The Kier molecular flexibility index (Phi) is 5.81. The van der Waals surface area contributed by atoms with Crippen LogP contribution in [0.1, 0.15) is 23.6 Å². The molecule has 6 N–H and O–H groups in total. The molecule has 0 bridgehead atoms. The molecule has 0 saturated carbocycles. The highest BCUT2D eigenvalue weighted by Gasteiger charge is 2.18. The Labute approximate surface area is 112 Å². The molecule has 19 heavy (non-hydrogen) atoms. The molecule has 1 atom stereocenters. The third-order valence-corrected chi connectivity index (χ3v) is 2.74. The smallest absolute Gasteiger partial charge is 0.312 e. The fraction of sp³-hybridized carbons (Fsp3) is 0.385. The van der Waals surface area contributed by atoms with Gasteiger partial charge in [0.2, 0.25) is 5.91 Å². The molecular weight excluding hydrogens is 244 g/mol. The molecule has 0 spiro atoms. The fourth-order valence-corrected chi connectivity index (χ4v) is 1.86. The van der Waals surface area contributed by atoms with E-state index in [4.69, 9.17) is 11.5 Å². The number of primary amides is 1. The average molecular weight is 264 g/mol. The molecule has 0 aliphatic rings. The summed E-state index contributed by atoms with van der Waals surface area (Å²) in [6, 6.07) is 6.45. The van der Waals surface area contributed by atoms with Crippen molar-refractivity contribution in [3.8, 4) is 0 Å². The van der Waals surface area contributed by atoms with Crippen LogP contribution in [0.5, 0.6) is 0 Å². The lowest BCUT2D eigenvalue weighted by Gasteiger charge is -2.19. The molecule has 6 heteroatoms. The molecule has 1 aromatic rings. The van der Waals surface area contributed by atoms with Crippen LogP contribution in [-0.4, -0.2) is 25.0 Å². The summed E-state index contributed by atoms with van der Waals surface area (Å²) in [7, 11) is 0. The zero-order valence-electron chi connectivity index (χ0n) is 11.0. The quantitative estimate of drug-likeness (QED) is 0.587. The van der Waals surface area contributed by atoms with Crippen LogP contribution >= 0.6 is 0 Å². The summed E-state index contributed by atoms with van der Waals surface area (Å²) >= 11 is 0. The SMILES string of the molecule is Cc1ccccc1C(CC(=O)NCCN)NC(N)=O. The van der Waals surface area contributed by atoms with Gasteiger partial charge in [-0.1, -0.05) is 24.3 Å². The number of amides is 3. The van der Waals surface area contributed by atoms with Gasteiger partial charge in [0.25, 0.3) is 0 Å². The van der Waals surface area contributed by atoms with Crippen molar-refractivity contribution in [1.82, 2.24) is 10.6 Å². The predicted molar refractivity (Wildman–Crippen MR) is 73.3 cm³/mol. The first-order chi connectivity index (χ1) is 9.04. The van der Waals surface area contributed by atoms with Crippen LogP contribution in [0.3, 0.4) is 0 Å². The van der Waals surface area contributed by atoms with E-state index in [-0.39, 0.29) is 12.3 Å². The number of rotatable bonds is 6. The minimum atomic E-state index is -0.653. The molecule has 0 radical (unpaired) electrons. The summed E-state index contributed by atoms with van der Waals surface area (Å²) < 4.78 is 0. The van der Waals surface area contributed by atoms with Crippen LogP contribution in [-0.2, 0) is 4.79 Å². The number of benzene rings is 1. The summed E-state index contributed by atoms with van der Waals surface area (Å²) in [6.07, 6.45) is 0.133. The Balaban J connectivity index is 2.80. The van der Waals surface area contributed by atoms with Crippen molar-refractivity contribution in [2.75, 3.05) is 13.1 Å². The largest absolute Gasteiger partial charge is 0.355 e. The Morgan fingerprint density at radius 1 is 1.32 bits per heavy atom. The molecule has 0 aliphatic carbocycles. The second-order valence-electron chi connectivity index (χ2n) is 4.26. The van der Waals surface area contributed by atoms with Gasteiger partial charge in [-0.25, -0.2) is 4.79 Å². The van der Waals surface area contributed by atoms with Gasteiger partial charge in [-0.05, 0) is 18.1 Å². The summed E-state index contributed by atoms with van der Waals surface area (Å²) in [5.74, 6) is -0.174. The van der Waals surface area contributed by atoms with Crippen LogP contribution in [0.2, 0.25) is 0 Å². The molecule has 104 valence electrons. The van der Waals surface area contributed by atoms with Crippen molar-refractivity contribution in [2.24, 2.45) is 11.5 Å². The van der Waals surface area contributed by atoms with Gasteiger partial charge in [-0.2, -0.15) is 0 Å². The monoisotopic (exact) mass is 264 g/mol. The maximum atomic E-state index is 11.7. The van der Waals surface area contributed by atoms with E-state index in [1.165, 1.54) is 0 Å². The Hall–Kier alpha value is -2.08. The van der Waals surface area contributed by atoms with Crippen LogP contribution in [0.25, 0.3) is 0 Å². The van der Waals surface area contributed by atoms with Gasteiger partial charge in [0, 0.05) is 13.1 Å². The molecule has 0 heterocycles. The third kappa shape index (κ3) is 4.97. The molecule has 1 unspecified atom stereocenters. The number of nitrogens with two attached hydrogens (primary N) is 2. The minimum absolute atomic E-state index is 0.133. The third-order valence-electron chi connectivity index (χ3n) is 2.74. The highest BCUT2D eigenvalue weighted by Crippen LogP contribution is 2.20. The van der Waals surface area contributed by atoms with Gasteiger partial charge in [0.1, 0.15) is 0 Å². The second-order valence-corrected chi connectivity index (χ2v) is 4.26. The van der Waals surface area contributed by atoms with E-state index in [0.29, 0.717) is 13.1 Å². The van der Waals surface area contributed by atoms with E-state index < -0.39 is 12.1 Å². The summed E-state index contributed by atoms with van der Waals surface area (Å²) in [6.45, 7) is 2.71. The van der Waals surface area contributed by atoms with Crippen LogP contribution in [0.15, 0.2) is 24.3 Å². The van der Waals surface area contributed by atoms with Gasteiger partial charge in [-0.3, -0.25) is 4.79 Å². The standard InChI is InChI=1S/C13H20N4O2/c1-9-4-2-3-5-10(9)11(17-13(15)19)8-12(18)16-7-6-14/h2-5,11H,6-8,14H2,1H3,(H,16,18)(H3,15,17,19). The molecule has 0 aliphatic heterocycles. The Morgan fingerprint density at radius 3 is 2.58 bits per heavy atom. The van der Waals surface area contributed by atoms with Crippen molar-refractivity contribution in [1.29, 1.82) is 0 Å². The lowest BCUT2D eigenvalue weighted by Crippen LogP contribution is -2.37. The van der Waals surface area contributed by atoms with Crippen LogP contribution in [0.4, 0.5) is 4.79 Å². The first kappa shape index (κ1) is 15.0. The first-order valence-electron chi connectivity index (χ1n) is 6.13. The van der Waals surface area contributed by atoms with E-state index in [0.717, 1.165) is 11.1 Å². The number of carbonyl (C=O) groups is 2. The normalized spacial score (nSPS) is 11.7. The van der Waals surface area contributed by atoms with Gasteiger partial charge in [0.15, 0.2) is 0 Å². The number of nitrogens with one attached hydrogen (secondary N) is 2. The topological polar surface area (TPSA) is 110 Å². The van der Waals surface area contributed by atoms with Gasteiger partial charge in [0.05, 0.1) is 12.5 Å². The molecular formula is C13H20N4O2. The lowest BCUT2D eigenvalue weighted by molar-refractivity contribution is -0.121. The molecule has 6 nitrogen and oxygen atoms in total. The molecule has 1 rings (SSSR count). The Morgan fingerprint density at radius 2 is 2.00 bits per heavy atom. The molecule has 3 amide bonds. The van der Waals surface area contributed by atoms with Gasteiger partial charge >= 0.3 is 6.03 Å². The second kappa shape index (κ2) is 7.38. The van der Waals surface area contributed by atoms with Crippen molar-refractivity contribution >= 4 is 11.9 Å². The number of urea groups is 1. The zero-order chi connectivity index (χ0) is 14.3. The average Bonchev–Trinajstić information content (AvgIpc) is 2.35. The van der Waals surface area contributed by atoms with E-state index in [2.05, 4.69) is 10.6 Å². The fourth-order valence-electron chi connectivity index (χ4n) is 1.86. The molecule has 0 aromatic heterocycles. The van der Waals surface area contributed by atoms with Crippen molar-refractivity contribution in [3.63, 3.8) is 0 Å². The van der Waals surface area contributed by atoms with Gasteiger partial charge in [-0.15, -0.1) is 0 Å². The summed E-state index contributed by atoms with van der Waals surface area (Å²) in [4.78, 5) is 22.8. The molecule has 1 aromatic carbocycles. The predicted octanol–water partition coefficient (Wildman–Crippen LogP) is 0.169. The number of hydrogen-bond acceptors (Lipinski definition) is 3. The van der Waals surface area contributed by atoms with E-state index >= 15 is 0 Å². The van der Waals surface area contributed by atoms with Crippen LogP contribution < -0.4 is 22.1 Å². The lowest BCUT2D eigenvalue weighted by atomic mass is 9.98. The van der Waals surface area contributed by atoms with Gasteiger partial charge < -0.3 is 22.1 Å². The summed E-state index contributed by atoms with van der Waals surface area (Å²) in [5, 5.41) is 5.26. The summed E-state index contributed by atoms with van der Waals surface area (Å²) in [5.41, 5.74) is 12.3. The molecule has 0 saturated heterocycles. The van der Waals surface area contributed by atoms with E-state index in [1.807, 2.05) is 31.2 Å². The maximum absolute atomic E-state index is 11.7. The van der Waals surface area contributed by atoms with Crippen molar-refractivity contribution in [2.45, 2.75) is 19.4 Å². The van der Waals surface area contributed by atoms with E-state index in [1.54, 1.807) is 0 Å². The van der Waals surface area contributed by atoms with Crippen LogP contribution in [0, 0.1) is 6.92 Å².